The molecule has 32 heavy (non-hydrogen) atoms. The normalized spacial score (nSPS) is 18.4. The van der Waals surface area contributed by atoms with E-state index in [0.717, 1.165) is 11.3 Å². The number of hydrogen-bond acceptors (Lipinski definition) is 5. The molecule has 0 unspecified atom stereocenters. The van der Waals surface area contributed by atoms with Crippen molar-refractivity contribution in [3.63, 3.8) is 0 Å². The first-order valence-electron chi connectivity index (χ1n) is 10.1. The number of carbonyl (C=O) groups excluding carboxylic acids is 3. The van der Waals surface area contributed by atoms with Crippen LogP contribution < -0.4 is 10.6 Å². The zero-order valence-electron chi connectivity index (χ0n) is 18.1. The van der Waals surface area contributed by atoms with Crippen molar-refractivity contribution < 1.29 is 19.1 Å². The molecule has 1 aliphatic rings. The third-order valence-electron chi connectivity index (χ3n) is 5.60. The lowest BCUT2D eigenvalue weighted by Gasteiger charge is -2.08. The lowest BCUT2D eigenvalue weighted by molar-refractivity contribution is -0.118. The summed E-state index contributed by atoms with van der Waals surface area (Å²) in [6.45, 7) is 7.42. The maximum Gasteiger partial charge on any atom is 0.341 e. The number of thiophene rings is 1. The molecule has 6 nitrogen and oxygen atoms in total. The van der Waals surface area contributed by atoms with Gasteiger partial charge in [0.15, 0.2) is 0 Å². The molecule has 0 saturated heterocycles. The molecule has 3 rings (SSSR count). The van der Waals surface area contributed by atoms with Crippen molar-refractivity contribution in [2.24, 2.45) is 17.3 Å². The fourth-order valence-corrected chi connectivity index (χ4v) is 5.16. The summed E-state index contributed by atoms with van der Waals surface area (Å²) in [6.07, 6.45) is 1.65. The van der Waals surface area contributed by atoms with Crippen LogP contribution in [0.2, 0.25) is 0 Å². The maximum absolute atomic E-state index is 13.0. The Bertz CT molecular complexity index is 1080. The number of halogens is 2. The summed E-state index contributed by atoms with van der Waals surface area (Å²) in [7, 11) is 0. The van der Waals surface area contributed by atoms with E-state index in [1.165, 1.54) is 0 Å². The van der Waals surface area contributed by atoms with E-state index in [0.29, 0.717) is 16.1 Å². The van der Waals surface area contributed by atoms with E-state index in [4.69, 9.17) is 27.9 Å². The van der Waals surface area contributed by atoms with E-state index in [1.807, 2.05) is 32.0 Å². The van der Waals surface area contributed by atoms with Crippen LogP contribution in [0, 0.1) is 24.2 Å². The quantitative estimate of drug-likeness (QED) is 0.461. The lowest BCUT2D eigenvalue weighted by atomic mass is 10.1. The second-order valence-corrected chi connectivity index (χ2v) is 10.1. The monoisotopic (exact) mass is 494 g/mol. The van der Waals surface area contributed by atoms with Crippen LogP contribution in [0.5, 0.6) is 0 Å². The average molecular weight is 495 g/mol. The molecule has 2 atom stereocenters. The van der Waals surface area contributed by atoms with Gasteiger partial charge in [-0.25, -0.2) is 4.79 Å². The van der Waals surface area contributed by atoms with Gasteiger partial charge in [0.2, 0.25) is 5.91 Å². The number of amides is 2. The Balaban J connectivity index is 1.90. The minimum atomic E-state index is -0.592. The summed E-state index contributed by atoms with van der Waals surface area (Å²) in [5, 5.41) is 5.93. The van der Waals surface area contributed by atoms with Crippen LogP contribution in [-0.4, -0.2) is 24.4 Å². The first-order valence-corrected chi connectivity index (χ1v) is 11.7. The summed E-state index contributed by atoms with van der Waals surface area (Å²) >= 11 is 12.6. The first kappa shape index (κ1) is 24.3. The molecule has 1 aliphatic carbocycles. The van der Waals surface area contributed by atoms with Crippen molar-refractivity contribution in [2.75, 3.05) is 17.2 Å². The number of para-hydroxylation sites is 1. The van der Waals surface area contributed by atoms with Crippen molar-refractivity contribution in [2.45, 2.75) is 27.7 Å². The van der Waals surface area contributed by atoms with Crippen LogP contribution in [-0.2, 0) is 9.53 Å². The zero-order chi connectivity index (χ0) is 23.6. The van der Waals surface area contributed by atoms with Gasteiger partial charge < -0.3 is 15.4 Å². The van der Waals surface area contributed by atoms with Crippen molar-refractivity contribution in [3.05, 3.63) is 56.9 Å². The summed E-state index contributed by atoms with van der Waals surface area (Å²) in [5.41, 5.74) is 0.931. The second kappa shape index (κ2) is 9.65. The second-order valence-electron chi connectivity index (χ2n) is 8.07. The Hall–Kier alpha value is -2.35. The standard InChI is InChI=1S/C23H24Cl2N2O4S/c1-5-31-22(30)16-12(2)18(20(29)26-13-9-7-6-8-10-13)32-21(16)27-19(28)17-14(11-15(24)25)23(17,3)4/h6-11,14,17H,5H2,1-4H3,(H,26,29)(H,27,28)/t14-,17-/m0/s1. The highest BCUT2D eigenvalue weighted by Gasteiger charge is 2.60. The Kier molecular flexibility index (Phi) is 7.32. The first-order chi connectivity index (χ1) is 15.1. The molecule has 0 spiro atoms. The topological polar surface area (TPSA) is 84.5 Å². The van der Waals surface area contributed by atoms with Gasteiger partial charge in [0, 0.05) is 5.69 Å². The number of ether oxygens (including phenoxy) is 1. The van der Waals surface area contributed by atoms with Gasteiger partial charge in [0.1, 0.15) is 9.49 Å². The van der Waals surface area contributed by atoms with Crippen LogP contribution in [0.1, 0.15) is 46.4 Å². The van der Waals surface area contributed by atoms with Crippen molar-refractivity contribution in [1.29, 1.82) is 0 Å². The van der Waals surface area contributed by atoms with E-state index in [-0.39, 0.29) is 50.7 Å². The van der Waals surface area contributed by atoms with Gasteiger partial charge in [0.05, 0.1) is 23.0 Å². The van der Waals surface area contributed by atoms with Gasteiger partial charge in [-0.2, -0.15) is 0 Å². The molecule has 1 fully saturated rings. The highest BCUT2D eigenvalue weighted by molar-refractivity contribution is 7.19. The van der Waals surface area contributed by atoms with Crippen molar-refractivity contribution in [1.82, 2.24) is 0 Å². The molecular weight excluding hydrogens is 471 g/mol. The zero-order valence-corrected chi connectivity index (χ0v) is 20.5. The smallest absolute Gasteiger partial charge is 0.341 e. The van der Waals surface area contributed by atoms with Gasteiger partial charge >= 0.3 is 5.97 Å². The molecule has 2 aromatic rings. The third kappa shape index (κ3) is 5.00. The van der Waals surface area contributed by atoms with Crippen LogP contribution in [0.3, 0.4) is 0 Å². The Labute approximate surface area is 200 Å². The van der Waals surface area contributed by atoms with E-state index in [1.54, 1.807) is 32.1 Å². The number of nitrogens with one attached hydrogen (secondary N) is 2. The SMILES string of the molecule is CCOC(=O)c1c(NC(=O)[C@@H]2[C@H](C=C(Cl)Cl)C2(C)C)sc(C(=O)Nc2ccccc2)c1C. The van der Waals surface area contributed by atoms with Crippen LogP contribution in [0.25, 0.3) is 0 Å². The van der Waals surface area contributed by atoms with Crippen LogP contribution in [0.15, 0.2) is 40.9 Å². The van der Waals surface area contributed by atoms with Crippen LogP contribution >= 0.6 is 34.5 Å². The summed E-state index contributed by atoms with van der Waals surface area (Å²) in [4.78, 5) is 38.9. The number of esters is 1. The highest BCUT2D eigenvalue weighted by Crippen LogP contribution is 2.60. The molecule has 2 N–H and O–H groups in total. The van der Waals surface area contributed by atoms with Gasteiger partial charge in [-0.05, 0) is 49.0 Å². The van der Waals surface area contributed by atoms with Gasteiger partial charge in [-0.15, -0.1) is 11.3 Å². The van der Waals surface area contributed by atoms with Gasteiger partial charge in [-0.1, -0.05) is 55.2 Å². The minimum Gasteiger partial charge on any atom is -0.462 e. The molecule has 1 saturated carbocycles. The largest absolute Gasteiger partial charge is 0.462 e. The predicted octanol–water partition coefficient (Wildman–Crippen LogP) is 6.02. The lowest BCUT2D eigenvalue weighted by Crippen LogP contribution is -2.18. The fourth-order valence-electron chi connectivity index (χ4n) is 3.79. The molecule has 0 radical (unpaired) electrons. The summed E-state index contributed by atoms with van der Waals surface area (Å²) in [5.74, 6) is -1.72. The van der Waals surface area contributed by atoms with E-state index in [9.17, 15) is 14.4 Å². The third-order valence-corrected chi connectivity index (χ3v) is 7.06. The summed E-state index contributed by atoms with van der Waals surface area (Å²) in [6, 6.07) is 8.99. The molecule has 2 amide bonds. The molecular formula is C23H24Cl2N2O4S. The summed E-state index contributed by atoms with van der Waals surface area (Å²) < 4.78 is 5.28. The van der Waals surface area contributed by atoms with E-state index < -0.39 is 5.97 Å². The predicted molar refractivity (Wildman–Crippen MR) is 129 cm³/mol. The van der Waals surface area contributed by atoms with Gasteiger partial charge in [-0.3, -0.25) is 9.59 Å². The number of hydrogen-bond donors (Lipinski definition) is 2. The fraction of sp³-hybridized carbons (Fsp3) is 0.348. The number of anilines is 2. The van der Waals surface area contributed by atoms with Crippen molar-refractivity contribution >= 4 is 63.0 Å². The highest BCUT2D eigenvalue weighted by atomic mass is 35.5. The number of carbonyl (C=O) groups is 3. The molecule has 1 heterocycles. The molecule has 0 aliphatic heterocycles. The van der Waals surface area contributed by atoms with Crippen LogP contribution in [0.4, 0.5) is 10.7 Å². The molecule has 170 valence electrons. The number of rotatable bonds is 7. The maximum atomic E-state index is 13.0. The Morgan fingerprint density at radius 2 is 1.81 bits per heavy atom. The molecule has 1 aromatic heterocycles. The molecule has 1 aromatic carbocycles. The van der Waals surface area contributed by atoms with Crippen molar-refractivity contribution in [3.8, 4) is 0 Å². The van der Waals surface area contributed by atoms with E-state index >= 15 is 0 Å². The van der Waals surface area contributed by atoms with Gasteiger partial charge in [0.25, 0.3) is 5.91 Å². The Morgan fingerprint density at radius 3 is 2.41 bits per heavy atom. The number of benzene rings is 1. The average Bonchev–Trinajstić information content (AvgIpc) is 3.08. The number of allylic oxidation sites excluding steroid dienone is 1. The Morgan fingerprint density at radius 1 is 1.16 bits per heavy atom. The van der Waals surface area contributed by atoms with E-state index in [2.05, 4.69) is 10.6 Å². The molecule has 0 bridgehead atoms. The molecule has 9 heteroatoms. The minimum absolute atomic E-state index is 0.109.